The zero-order chi connectivity index (χ0) is 13.4. The molecule has 4 heteroatoms. The number of ether oxygens (including phenoxy) is 1. The summed E-state index contributed by atoms with van der Waals surface area (Å²) in [6.45, 7) is 0. The quantitative estimate of drug-likeness (QED) is 0.852. The van der Waals surface area contributed by atoms with Gasteiger partial charge in [-0.1, -0.05) is 24.3 Å². The maximum absolute atomic E-state index is 13.3. The van der Waals surface area contributed by atoms with Gasteiger partial charge in [-0.05, 0) is 23.8 Å². The fourth-order valence-electron chi connectivity index (χ4n) is 2.37. The molecule has 0 amide bonds. The first-order valence-corrected chi connectivity index (χ1v) is 6.11. The van der Waals surface area contributed by atoms with Gasteiger partial charge in [0.2, 0.25) is 0 Å². The van der Waals surface area contributed by atoms with Crippen molar-refractivity contribution in [1.29, 1.82) is 0 Å². The summed E-state index contributed by atoms with van der Waals surface area (Å²) in [4.78, 5) is 0. The molecular weight excluding hydrogens is 248 g/mol. The summed E-state index contributed by atoms with van der Waals surface area (Å²) in [5, 5.41) is 0. The van der Waals surface area contributed by atoms with E-state index in [1.165, 1.54) is 12.1 Å². The summed E-state index contributed by atoms with van der Waals surface area (Å²) >= 11 is 0. The van der Waals surface area contributed by atoms with E-state index in [2.05, 4.69) is 0 Å². The third-order valence-corrected chi connectivity index (χ3v) is 3.37. The van der Waals surface area contributed by atoms with Gasteiger partial charge in [-0.25, -0.2) is 8.78 Å². The molecule has 1 aliphatic rings. The Morgan fingerprint density at radius 2 is 1.84 bits per heavy atom. The lowest BCUT2D eigenvalue weighted by Gasteiger charge is -2.30. The molecule has 2 nitrogen and oxygen atoms in total. The van der Waals surface area contributed by atoms with E-state index < -0.39 is 11.6 Å². The number of fused-ring (bicyclic) bond motifs is 1. The highest BCUT2D eigenvalue weighted by molar-refractivity contribution is 5.39. The molecule has 19 heavy (non-hydrogen) atoms. The van der Waals surface area contributed by atoms with Crippen LogP contribution in [0.5, 0.6) is 5.75 Å². The van der Waals surface area contributed by atoms with Gasteiger partial charge in [0.15, 0.2) is 11.6 Å². The largest absolute Gasteiger partial charge is 0.485 e. The smallest absolute Gasteiger partial charge is 0.159 e. The highest BCUT2D eigenvalue weighted by Crippen LogP contribution is 2.39. The van der Waals surface area contributed by atoms with Gasteiger partial charge in [-0.3, -0.25) is 0 Å². The lowest BCUT2D eigenvalue weighted by atomic mass is 9.93. The highest BCUT2D eigenvalue weighted by atomic mass is 19.2. The number of hydrogen-bond donors (Lipinski definition) is 1. The Morgan fingerprint density at radius 3 is 2.63 bits per heavy atom. The first-order valence-electron chi connectivity index (χ1n) is 6.11. The topological polar surface area (TPSA) is 35.2 Å². The molecule has 3 rings (SSSR count). The molecular formula is C15H13F2NO. The van der Waals surface area contributed by atoms with Gasteiger partial charge in [-0.2, -0.15) is 0 Å². The van der Waals surface area contributed by atoms with E-state index in [9.17, 15) is 8.78 Å². The second kappa shape index (κ2) is 4.63. The molecule has 2 aromatic rings. The Morgan fingerprint density at radius 1 is 1.05 bits per heavy atom. The number of benzene rings is 2. The standard InChI is InChI=1S/C15H13F2NO/c16-11-6-5-9(7-12(11)17)15-8-13(18)10-3-1-2-4-14(10)19-15/h1-7,13,15H,8,18H2. The summed E-state index contributed by atoms with van der Waals surface area (Å²) in [6, 6.07) is 11.2. The molecule has 2 atom stereocenters. The second-order valence-corrected chi connectivity index (χ2v) is 4.66. The SMILES string of the molecule is NC1CC(c2ccc(F)c(F)c2)Oc2ccccc21. The Labute approximate surface area is 109 Å². The zero-order valence-electron chi connectivity index (χ0n) is 10.1. The van der Waals surface area contributed by atoms with E-state index in [0.29, 0.717) is 17.7 Å². The van der Waals surface area contributed by atoms with Crippen molar-refractivity contribution < 1.29 is 13.5 Å². The molecule has 0 aliphatic carbocycles. The van der Waals surface area contributed by atoms with E-state index >= 15 is 0 Å². The van der Waals surface area contributed by atoms with Gasteiger partial charge in [0.1, 0.15) is 11.9 Å². The van der Waals surface area contributed by atoms with Gasteiger partial charge >= 0.3 is 0 Å². The van der Waals surface area contributed by atoms with Crippen LogP contribution in [-0.2, 0) is 0 Å². The van der Waals surface area contributed by atoms with Crippen molar-refractivity contribution in [2.24, 2.45) is 5.73 Å². The first-order chi connectivity index (χ1) is 9.15. The minimum absolute atomic E-state index is 0.164. The average molecular weight is 261 g/mol. The van der Waals surface area contributed by atoms with Crippen molar-refractivity contribution in [1.82, 2.24) is 0 Å². The van der Waals surface area contributed by atoms with Crippen LogP contribution in [-0.4, -0.2) is 0 Å². The molecule has 2 N–H and O–H groups in total. The molecule has 0 bridgehead atoms. The van der Waals surface area contributed by atoms with Crippen LogP contribution in [0.25, 0.3) is 0 Å². The molecule has 0 aromatic heterocycles. The third-order valence-electron chi connectivity index (χ3n) is 3.37. The molecule has 1 aliphatic heterocycles. The molecule has 2 unspecified atom stereocenters. The van der Waals surface area contributed by atoms with E-state index in [0.717, 1.165) is 11.6 Å². The Balaban J connectivity index is 1.94. The Hall–Kier alpha value is -1.94. The third kappa shape index (κ3) is 2.19. The van der Waals surface area contributed by atoms with Gasteiger partial charge < -0.3 is 10.5 Å². The molecule has 0 fully saturated rings. The zero-order valence-corrected chi connectivity index (χ0v) is 10.1. The first kappa shape index (κ1) is 12.1. The monoisotopic (exact) mass is 261 g/mol. The molecule has 0 saturated heterocycles. The normalized spacial score (nSPS) is 21.6. The van der Waals surface area contributed by atoms with Crippen molar-refractivity contribution >= 4 is 0 Å². The molecule has 0 radical (unpaired) electrons. The maximum Gasteiger partial charge on any atom is 0.159 e. The van der Waals surface area contributed by atoms with Crippen LogP contribution >= 0.6 is 0 Å². The van der Waals surface area contributed by atoms with Crippen LogP contribution in [0.4, 0.5) is 8.78 Å². The van der Waals surface area contributed by atoms with Gasteiger partial charge in [0.25, 0.3) is 0 Å². The summed E-state index contributed by atoms with van der Waals surface area (Å²) in [5.74, 6) is -1.02. The van der Waals surface area contributed by atoms with Gasteiger partial charge in [0.05, 0.1) is 0 Å². The lowest BCUT2D eigenvalue weighted by Crippen LogP contribution is -2.24. The van der Waals surface area contributed by atoms with Gasteiger partial charge in [0, 0.05) is 18.0 Å². The van der Waals surface area contributed by atoms with E-state index in [-0.39, 0.29) is 12.1 Å². The van der Waals surface area contributed by atoms with E-state index in [1.54, 1.807) is 0 Å². The molecule has 2 aromatic carbocycles. The minimum atomic E-state index is -0.867. The minimum Gasteiger partial charge on any atom is -0.485 e. The van der Waals surface area contributed by atoms with Crippen molar-refractivity contribution in [3.8, 4) is 5.75 Å². The van der Waals surface area contributed by atoms with Crippen molar-refractivity contribution in [2.45, 2.75) is 18.6 Å². The van der Waals surface area contributed by atoms with Crippen LogP contribution in [0.2, 0.25) is 0 Å². The number of nitrogens with two attached hydrogens (primary N) is 1. The molecule has 0 saturated carbocycles. The van der Waals surface area contributed by atoms with Crippen LogP contribution in [0.15, 0.2) is 42.5 Å². The van der Waals surface area contributed by atoms with Crippen molar-refractivity contribution in [3.05, 3.63) is 65.2 Å². The average Bonchev–Trinajstić information content (AvgIpc) is 2.42. The number of para-hydroxylation sites is 1. The van der Waals surface area contributed by atoms with Crippen LogP contribution < -0.4 is 10.5 Å². The number of rotatable bonds is 1. The predicted octanol–water partition coefficient (Wildman–Crippen LogP) is 3.49. The highest BCUT2D eigenvalue weighted by Gasteiger charge is 2.27. The molecule has 0 spiro atoms. The lowest BCUT2D eigenvalue weighted by molar-refractivity contribution is 0.161. The number of halogens is 2. The van der Waals surface area contributed by atoms with E-state index in [1.807, 2.05) is 24.3 Å². The summed E-state index contributed by atoms with van der Waals surface area (Å²) < 4.78 is 32.0. The van der Waals surface area contributed by atoms with Crippen LogP contribution in [0, 0.1) is 11.6 Å². The molecule has 98 valence electrons. The van der Waals surface area contributed by atoms with Crippen molar-refractivity contribution in [2.75, 3.05) is 0 Å². The van der Waals surface area contributed by atoms with Gasteiger partial charge in [-0.15, -0.1) is 0 Å². The predicted molar refractivity (Wildman–Crippen MR) is 67.7 cm³/mol. The Bertz CT molecular complexity index is 615. The maximum atomic E-state index is 13.3. The van der Waals surface area contributed by atoms with E-state index in [4.69, 9.17) is 10.5 Å². The summed E-state index contributed by atoms with van der Waals surface area (Å²) in [7, 11) is 0. The fourth-order valence-corrected chi connectivity index (χ4v) is 2.37. The fraction of sp³-hybridized carbons (Fsp3) is 0.200. The second-order valence-electron chi connectivity index (χ2n) is 4.66. The summed E-state index contributed by atoms with van der Waals surface area (Å²) in [6.07, 6.45) is 0.197. The van der Waals surface area contributed by atoms with Crippen LogP contribution in [0.1, 0.15) is 29.7 Å². The summed E-state index contributed by atoms with van der Waals surface area (Å²) in [5.41, 5.74) is 7.64. The Kier molecular flexibility index (Phi) is 2.95. The molecule has 1 heterocycles. The number of hydrogen-bond acceptors (Lipinski definition) is 2. The van der Waals surface area contributed by atoms with Crippen LogP contribution in [0.3, 0.4) is 0 Å². The van der Waals surface area contributed by atoms with Crippen molar-refractivity contribution in [3.63, 3.8) is 0 Å².